The first kappa shape index (κ1) is 12.9. The van der Waals surface area contributed by atoms with Crippen LogP contribution < -0.4 is 0 Å². The van der Waals surface area contributed by atoms with Crippen molar-refractivity contribution in [3.63, 3.8) is 0 Å². The molecule has 2 fully saturated rings. The average molecular weight is 252 g/mol. The fraction of sp³-hybridized carbons (Fsp3) is 0.692. The maximum Gasteiger partial charge on any atom is 0.320 e. The Morgan fingerprint density at radius 3 is 2.56 bits per heavy atom. The van der Waals surface area contributed by atoms with Gasteiger partial charge in [0.05, 0.1) is 5.92 Å². The van der Waals surface area contributed by atoms with Crippen molar-refractivity contribution in [3.05, 3.63) is 12.7 Å². The molecule has 5 heteroatoms. The molecule has 1 saturated carbocycles. The van der Waals surface area contributed by atoms with E-state index in [-0.39, 0.29) is 11.9 Å². The number of hydrogen-bond donors (Lipinski definition) is 1. The Morgan fingerprint density at radius 2 is 2.11 bits per heavy atom. The highest BCUT2D eigenvalue weighted by atomic mass is 16.4. The van der Waals surface area contributed by atoms with E-state index in [1.54, 1.807) is 11.0 Å². The van der Waals surface area contributed by atoms with E-state index >= 15 is 0 Å². The summed E-state index contributed by atoms with van der Waals surface area (Å²) in [6.45, 7) is 6.98. The molecule has 1 saturated heterocycles. The molecule has 0 aromatic heterocycles. The van der Waals surface area contributed by atoms with Crippen LogP contribution in [0.25, 0.3) is 0 Å². The summed E-state index contributed by atoms with van der Waals surface area (Å²) >= 11 is 0. The maximum absolute atomic E-state index is 12.3. The zero-order valence-corrected chi connectivity index (χ0v) is 10.7. The third-order valence-electron chi connectivity index (χ3n) is 3.76. The van der Waals surface area contributed by atoms with Gasteiger partial charge in [0, 0.05) is 25.7 Å². The van der Waals surface area contributed by atoms with Crippen LogP contribution in [0.15, 0.2) is 12.7 Å². The number of carboxylic acids is 1. The minimum absolute atomic E-state index is 0.0243. The summed E-state index contributed by atoms with van der Waals surface area (Å²) in [7, 11) is 0. The highest BCUT2D eigenvalue weighted by Crippen LogP contribution is 2.30. The molecule has 1 N–H and O–H groups in total. The summed E-state index contributed by atoms with van der Waals surface area (Å²) < 4.78 is 0. The fourth-order valence-corrected chi connectivity index (χ4v) is 2.53. The number of amides is 2. The van der Waals surface area contributed by atoms with Crippen molar-refractivity contribution in [2.45, 2.75) is 25.8 Å². The number of hydrogen-bond acceptors (Lipinski definition) is 2. The molecule has 0 unspecified atom stereocenters. The summed E-state index contributed by atoms with van der Waals surface area (Å²) in [6.07, 6.45) is 3.82. The van der Waals surface area contributed by atoms with Crippen molar-refractivity contribution in [3.8, 4) is 0 Å². The molecule has 5 nitrogen and oxygen atoms in total. The summed E-state index contributed by atoms with van der Waals surface area (Å²) in [5.74, 6) is -1.21. The van der Waals surface area contributed by atoms with Gasteiger partial charge in [0.2, 0.25) is 0 Å². The van der Waals surface area contributed by atoms with Crippen LogP contribution in [0.2, 0.25) is 0 Å². The van der Waals surface area contributed by atoms with Crippen LogP contribution >= 0.6 is 0 Å². The van der Waals surface area contributed by atoms with Gasteiger partial charge in [-0.2, -0.15) is 0 Å². The van der Waals surface area contributed by atoms with Gasteiger partial charge in [-0.3, -0.25) is 4.79 Å². The van der Waals surface area contributed by atoms with Crippen molar-refractivity contribution in [1.82, 2.24) is 9.80 Å². The highest BCUT2D eigenvalue weighted by molar-refractivity contribution is 5.78. The Hall–Kier alpha value is -1.52. The molecule has 2 amide bonds. The molecule has 0 radical (unpaired) electrons. The second-order valence-corrected chi connectivity index (χ2v) is 5.28. The Kier molecular flexibility index (Phi) is 3.59. The Balaban J connectivity index is 2.00. The highest BCUT2D eigenvalue weighted by Gasteiger charge is 2.41. The maximum atomic E-state index is 12.3. The van der Waals surface area contributed by atoms with E-state index < -0.39 is 11.9 Å². The van der Waals surface area contributed by atoms with Crippen molar-refractivity contribution >= 4 is 12.0 Å². The smallest absolute Gasteiger partial charge is 0.320 e. The first-order chi connectivity index (χ1) is 8.54. The predicted octanol–water partition coefficient (Wildman–Crippen LogP) is 1.41. The molecule has 0 bridgehead atoms. The van der Waals surface area contributed by atoms with Crippen LogP contribution in [0.1, 0.15) is 19.8 Å². The lowest BCUT2D eigenvalue weighted by molar-refractivity contribution is -0.142. The quantitative estimate of drug-likeness (QED) is 0.769. The summed E-state index contributed by atoms with van der Waals surface area (Å²) in [6, 6.07) is 0.294. The fourth-order valence-electron chi connectivity index (χ4n) is 2.53. The van der Waals surface area contributed by atoms with E-state index in [4.69, 9.17) is 5.11 Å². The zero-order valence-electron chi connectivity index (χ0n) is 10.7. The molecular weight excluding hydrogens is 232 g/mol. The first-order valence-electron chi connectivity index (χ1n) is 6.43. The number of carboxylic acid groups (broad SMARTS) is 1. The molecule has 100 valence electrons. The van der Waals surface area contributed by atoms with E-state index in [1.165, 1.54) is 0 Å². The van der Waals surface area contributed by atoms with Crippen LogP contribution in [-0.4, -0.2) is 52.6 Å². The largest absolute Gasteiger partial charge is 0.481 e. The minimum atomic E-state index is -0.806. The van der Waals surface area contributed by atoms with Gasteiger partial charge in [0.1, 0.15) is 0 Å². The summed E-state index contributed by atoms with van der Waals surface area (Å²) in [4.78, 5) is 26.9. The van der Waals surface area contributed by atoms with Crippen LogP contribution in [0.5, 0.6) is 0 Å². The second kappa shape index (κ2) is 5.00. The van der Waals surface area contributed by atoms with E-state index in [2.05, 4.69) is 6.58 Å². The summed E-state index contributed by atoms with van der Waals surface area (Å²) in [5.41, 5.74) is 0. The molecule has 0 aromatic carbocycles. The lowest BCUT2D eigenvalue weighted by Gasteiger charge is -2.27. The van der Waals surface area contributed by atoms with Gasteiger partial charge in [-0.05, 0) is 18.8 Å². The van der Waals surface area contributed by atoms with Gasteiger partial charge in [-0.1, -0.05) is 13.0 Å². The number of rotatable bonds is 4. The summed E-state index contributed by atoms with van der Waals surface area (Å²) in [5, 5.41) is 9.08. The number of carbonyl (C=O) groups excluding carboxylic acids is 1. The van der Waals surface area contributed by atoms with E-state index in [9.17, 15) is 9.59 Å². The molecule has 1 aliphatic heterocycles. The van der Waals surface area contributed by atoms with Crippen LogP contribution in [-0.2, 0) is 4.79 Å². The topological polar surface area (TPSA) is 60.9 Å². The molecule has 2 rings (SSSR count). The van der Waals surface area contributed by atoms with Crippen LogP contribution in [0, 0.1) is 11.8 Å². The minimum Gasteiger partial charge on any atom is -0.481 e. The molecule has 1 aliphatic carbocycles. The van der Waals surface area contributed by atoms with Crippen molar-refractivity contribution < 1.29 is 14.7 Å². The van der Waals surface area contributed by atoms with E-state index in [0.717, 1.165) is 12.8 Å². The van der Waals surface area contributed by atoms with Gasteiger partial charge in [0.15, 0.2) is 0 Å². The lowest BCUT2D eigenvalue weighted by Crippen LogP contribution is -2.43. The lowest BCUT2D eigenvalue weighted by atomic mass is 9.99. The molecule has 2 aliphatic rings. The normalized spacial score (nSPS) is 27.1. The van der Waals surface area contributed by atoms with Gasteiger partial charge >= 0.3 is 12.0 Å². The second-order valence-electron chi connectivity index (χ2n) is 5.28. The van der Waals surface area contributed by atoms with E-state index in [1.807, 2.05) is 11.8 Å². The van der Waals surface area contributed by atoms with Crippen LogP contribution in [0.3, 0.4) is 0 Å². The Bertz CT molecular complexity index is 365. The molecule has 0 spiro atoms. The zero-order chi connectivity index (χ0) is 13.3. The first-order valence-corrected chi connectivity index (χ1v) is 6.43. The van der Waals surface area contributed by atoms with Crippen molar-refractivity contribution in [2.75, 3.05) is 19.6 Å². The van der Waals surface area contributed by atoms with Crippen molar-refractivity contribution in [1.29, 1.82) is 0 Å². The average Bonchev–Trinajstić information content (AvgIpc) is 3.07. The third-order valence-corrected chi connectivity index (χ3v) is 3.76. The molecule has 18 heavy (non-hydrogen) atoms. The predicted molar refractivity (Wildman–Crippen MR) is 67.2 cm³/mol. The van der Waals surface area contributed by atoms with Crippen molar-refractivity contribution in [2.24, 2.45) is 11.8 Å². The molecule has 1 heterocycles. The SMILES string of the molecule is C=CCN(C(=O)N1C[C@@H](C)[C@H](C(=O)O)C1)C1CC1. The van der Waals surface area contributed by atoms with Gasteiger partial charge in [-0.15, -0.1) is 6.58 Å². The Morgan fingerprint density at radius 1 is 1.44 bits per heavy atom. The van der Waals surface area contributed by atoms with Gasteiger partial charge < -0.3 is 14.9 Å². The Labute approximate surface area is 107 Å². The number of likely N-dealkylation sites (tertiary alicyclic amines) is 1. The molecule has 2 atom stereocenters. The monoisotopic (exact) mass is 252 g/mol. The molecular formula is C13H20N2O3. The molecule has 0 aromatic rings. The van der Waals surface area contributed by atoms with E-state index in [0.29, 0.717) is 25.7 Å². The van der Waals surface area contributed by atoms with Gasteiger partial charge in [0.25, 0.3) is 0 Å². The number of urea groups is 1. The number of carbonyl (C=O) groups is 2. The van der Waals surface area contributed by atoms with Gasteiger partial charge in [-0.25, -0.2) is 4.79 Å². The van der Waals surface area contributed by atoms with Crippen LogP contribution in [0.4, 0.5) is 4.79 Å². The standard InChI is InChI=1S/C13H20N2O3/c1-3-6-15(10-4-5-10)13(18)14-7-9(2)11(8-14)12(16)17/h3,9-11H,1,4-8H2,2H3,(H,16,17)/t9-,11-/m1/s1. The number of aliphatic carboxylic acids is 1. The number of nitrogens with zero attached hydrogens (tertiary/aromatic N) is 2. The third kappa shape index (κ3) is 2.49.